The Bertz CT molecular complexity index is 1290. The Kier molecular flexibility index (Phi) is 8.37. The van der Waals surface area contributed by atoms with E-state index in [1.165, 1.54) is 11.8 Å². The highest BCUT2D eigenvalue weighted by molar-refractivity contribution is 5.77. The van der Waals surface area contributed by atoms with Crippen molar-refractivity contribution in [1.82, 2.24) is 14.9 Å². The molecule has 0 aliphatic carbocycles. The van der Waals surface area contributed by atoms with Crippen LogP contribution < -0.4 is 11.1 Å². The van der Waals surface area contributed by atoms with E-state index in [9.17, 15) is 22.8 Å². The van der Waals surface area contributed by atoms with Gasteiger partial charge in [0.2, 0.25) is 11.9 Å². The lowest BCUT2D eigenvalue weighted by Gasteiger charge is -2.30. The van der Waals surface area contributed by atoms with Crippen LogP contribution in [-0.4, -0.2) is 45.1 Å². The number of rotatable bonds is 8. The van der Waals surface area contributed by atoms with Gasteiger partial charge in [0, 0.05) is 36.8 Å². The third-order valence-electron chi connectivity index (χ3n) is 7.23. The first-order valence-electron chi connectivity index (χ1n) is 12.6. The molecule has 2 amide bonds. The van der Waals surface area contributed by atoms with E-state index >= 15 is 0 Å². The van der Waals surface area contributed by atoms with E-state index in [0.29, 0.717) is 31.6 Å². The summed E-state index contributed by atoms with van der Waals surface area (Å²) in [6, 6.07) is 16.3. The lowest BCUT2D eigenvalue weighted by atomic mass is 9.83. The normalized spacial score (nSPS) is 15.9. The molecule has 2 unspecified atom stereocenters. The number of primary amides is 1. The van der Waals surface area contributed by atoms with Crippen molar-refractivity contribution in [3.05, 3.63) is 83.2 Å². The van der Waals surface area contributed by atoms with Crippen LogP contribution in [0.15, 0.2) is 60.8 Å². The maximum Gasteiger partial charge on any atom is 0.419 e. The number of alkyl halides is 3. The highest BCUT2D eigenvalue weighted by atomic mass is 19.4. The second-order valence-electron chi connectivity index (χ2n) is 9.77. The zero-order valence-electron chi connectivity index (χ0n) is 21.4. The maximum absolute atomic E-state index is 14.0. The summed E-state index contributed by atoms with van der Waals surface area (Å²) < 4.78 is 42.0. The first-order chi connectivity index (χ1) is 18.5. The van der Waals surface area contributed by atoms with Crippen molar-refractivity contribution in [2.45, 2.75) is 44.2 Å². The summed E-state index contributed by atoms with van der Waals surface area (Å²) in [7, 11) is 0. The van der Waals surface area contributed by atoms with Crippen molar-refractivity contribution >= 4 is 23.6 Å². The second kappa shape index (κ2) is 11.7. The van der Waals surface area contributed by atoms with E-state index in [1.807, 2.05) is 12.1 Å². The number of benzene rings is 2. The van der Waals surface area contributed by atoms with Gasteiger partial charge < -0.3 is 21.1 Å². The molecule has 0 bridgehead atoms. The second-order valence-corrected chi connectivity index (χ2v) is 9.77. The summed E-state index contributed by atoms with van der Waals surface area (Å²) in [5.41, 5.74) is 6.62. The number of carbonyl (C=O) groups excluding carboxylic acids is 1. The average molecular weight is 542 g/mol. The Morgan fingerprint density at radius 2 is 1.74 bits per heavy atom. The molecule has 0 spiro atoms. The van der Waals surface area contributed by atoms with E-state index in [-0.39, 0.29) is 24.0 Å². The van der Waals surface area contributed by atoms with Crippen molar-refractivity contribution in [3.8, 4) is 0 Å². The average Bonchev–Trinajstić information content (AvgIpc) is 2.91. The largest absolute Gasteiger partial charge is 0.465 e. The molecule has 4 rings (SSSR count). The molecule has 2 heterocycles. The van der Waals surface area contributed by atoms with Crippen LogP contribution in [0.4, 0.5) is 29.6 Å². The quantitative estimate of drug-likeness (QED) is 0.344. The molecule has 1 aliphatic heterocycles. The molecule has 206 valence electrons. The zero-order chi connectivity index (χ0) is 28.2. The summed E-state index contributed by atoms with van der Waals surface area (Å²) >= 11 is 0. The number of nitrogens with one attached hydrogen (secondary N) is 1. The van der Waals surface area contributed by atoms with Gasteiger partial charge in [-0.25, -0.2) is 14.8 Å². The fraction of sp³-hybridized carbons (Fsp3) is 0.357. The zero-order valence-corrected chi connectivity index (χ0v) is 21.4. The van der Waals surface area contributed by atoms with E-state index in [2.05, 4.69) is 15.3 Å². The van der Waals surface area contributed by atoms with Crippen LogP contribution in [0.5, 0.6) is 0 Å². The number of nitrogens with two attached hydrogens (primary N) is 1. The molecule has 1 aromatic heterocycles. The summed E-state index contributed by atoms with van der Waals surface area (Å²) in [4.78, 5) is 32.8. The highest BCUT2D eigenvalue weighted by Gasteiger charge is 2.39. The Morgan fingerprint density at radius 3 is 2.31 bits per heavy atom. The van der Waals surface area contributed by atoms with Crippen LogP contribution in [0.2, 0.25) is 0 Å². The monoisotopic (exact) mass is 541 g/mol. The topological polar surface area (TPSA) is 121 Å². The van der Waals surface area contributed by atoms with Crippen molar-refractivity contribution in [2.75, 3.05) is 18.4 Å². The van der Waals surface area contributed by atoms with Crippen LogP contribution >= 0.6 is 0 Å². The van der Waals surface area contributed by atoms with Crippen LogP contribution in [0.25, 0.3) is 0 Å². The van der Waals surface area contributed by atoms with Gasteiger partial charge in [0.1, 0.15) is 0 Å². The summed E-state index contributed by atoms with van der Waals surface area (Å²) in [5.74, 6) is -2.38. The fourth-order valence-electron chi connectivity index (χ4n) is 4.90. The van der Waals surface area contributed by atoms with Crippen LogP contribution in [-0.2, 0) is 17.4 Å². The Hall–Kier alpha value is -4.15. The minimum atomic E-state index is -4.72. The van der Waals surface area contributed by atoms with Gasteiger partial charge in [-0.1, -0.05) is 49.4 Å². The van der Waals surface area contributed by atoms with Crippen LogP contribution in [0.1, 0.15) is 54.0 Å². The number of likely N-dealkylation sites (tertiary alicyclic amines) is 1. The van der Waals surface area contributed by atoms with Gasteiger partial charge in [0.25, 0.3) is 0 Å². The van der Waals surface area contributed by atoms with Gasteiger partial charge in [-0.05, 0) is 48.4 Å². The number of aromatic nitrogens is 2. The molecule has 2 atom stereocenters. The van der Waals surface area contributed by atoms with Gasteiger partial charge in [0.15, 0.2) is 0 Å². The molecule has 3 aromatic rings. The van der Waals surface area contributed by atoms with E-state index < -0.39 is 35.6 Å². The number of carboxylic acid groups (broad SMARTS) is 1. The van der Waals surface area contributed by atoms with E-state index in [4.69, 9.17) is 10.8 Å². The summed E-state index contributed by atoms with van der Waals surface area (Å²) in [6.07, 6.45) is -3.34. The lowest BCUT2D eigenvalue weighted by Crippen LogP contribution is -2.36. The van der Waals surface area contributed by atoms with Crippen molar-refractivity contribution in [3.63, 3.8) is 0 Å². The Labute approximate surface area is 224 Å². The maximum atomic E-state index is 14.0. The van der Waals surface area contributed by atoms with Crippen molar-refractivity contribution in [1.29, 1.82) is 0 Å². The summed E-state index contributed by atoms with van der Waals surface area (Å²) in [6.45, 7) is 2.44. The predicted octanol–water partition coefficient (Wildman–Crippen LogP) is 5.54. The van der Waals surface area contributed by atoms with Gasteiger partial charge >= 0.3 is 12.3 Å². The first-order valence-corrected chi connectivity index (χ1v) is 12.6. The number of halogens is 3. The number of hydrogen-bond acceptors (Lipinski definition) is 5. The van der Waals surface area contributed by atoms with Gasteiger partial charge in [-0.2, -0.15) is 13.2 Å². The molecule has 4 N–H and O–H groups in total. The number of nitrogens with zero attached hydrogens (tertiary/aromatic N) is 3. The molecule has 8 nitrogen and oxygen atoms in total. The van der Waals surface area contributed by atoms with Gasteiger partial charge in [0.05, 0.1) is 11.3 Å². The standard InChI is InChI=1S/C28H30F3N5O3/c1-17(25(32)37)22(15-18-5-3-2-4-6-18)24-23(28(29,30)31)16-33-26(35-24)34-21-9-7-19(8-10-21)20-11-13-36(14-12-20)27(38)39/h2-10,16-17,20,22H,11-15H2,1H3,(H2,32,37)(H,38,39)(H,33,34,35). The summed E-state index contributed by atoms with van der Waals surface area (Å²) in [5, 5.41) is 12.1. The first kappa shape index (κ1) is 27.9. The van der Waals surface area contributed by atoms with Gasteiger partial charge in [-0.15, -0.1) is 0 Å². The van der Waals surface area contributed by atoms with E-state index in [1.54, 1.807) is 42.5 Å². The predicted molar refractivity (Wildman–Crippen MR) is 140 cm³/mol. The Morgan fingerprint density at radius 1 is 1.10 bits per heavy atom. The third-order valence-corrected chi connectivity index (χ3v) is 7.23. The number of piperidine rings is 1. The smallest absolute Gasteiger partial charge is 0.419 e. The molecule has 11 heteroatoms. The SMILES string of the molecule is CC(C(N)=O)C(Cc1ccccc1)c1nc(Nc2ccc(C3CCN(C(=O)O)CC3)cc2)ncc1C(F)(F)F. The third kappa shape index (κ3) is 6.84. The molecular formula is C28H30F3N5O3. The molecule has 39 heavy (non-hydrogen) atoms. The van der Waals surface area contributed by atoms with E-state index in [0.717, 1.165) is 17.3 Å². The molecule has 2 aromatic carbocycles. The molecule has 1 saturated heterocycles. The molecule has 0 radical (unpaired) electrons. The highest BCUT2D eigenvalue weighted by Crippen LogP contribution is 2.38. The van der Waals surface area contributed by atoms with Crippen LogP contribution in [0, 0.1) is 5.92 Å². The molecule has 0 saturated carbocycles. The number of amides is 2. The van der Waals surface area contributed by atoms with Crippen molar-refractivity contribution < 1.29 is 27.9 Å². The minimum absolute atomic E-state index is 0.0322. The lowest BCUT2D eigenvalue weighted by molar-refractivity contribution is -0.139. The van der Waals surface area contributed by atoms with Crippen LogP contribution in [0.3, 0.4) is 0 Å². The molecule has 1 aliphatic rings. The molecule has 1 fully saturated rings. The van der Waals surface area contributed by atoms with Crippen molar-refractivity contribution in [2.24, 2.45) is 11.7 Å². The Balaban J connectivity index is 1.59. The number of carbonyl (C=O) groups is 2. The number of hydrogen-bond donors (Lipinski definition) is 3. The van der Waals surface area contributed by atoms with Gasteiger partial charge in [-0.3, -0.25) is 4.79 Å². The molecular weight excluding hydrogens is 511 g/mol. The number of anilines is 2. The minimum Gasteiger partial charge on any atom is -0.465 e. The fourth-order valence-corrected chi connectivity index (χ4v) is 4.90.